The molecule has 0 atom stereocenters. The highest BCUT2D eigenvalue weighted by molar-refractivity contribution is 5.56. The zero-order valence-corrected chi connectivity index (χ0v) is 10.6. The van der Waals surface area contributed by atoms with Gasteiger partial charge in [0.1, 0.15) is 5.56 Å². The largest absolute Gasteiger partial charge is 0.339 e. The summed E-state index contributed by atoms with van der Waals surface area (Å²) in [5.74, 6) is 0.749. The third-order valence-corrected chi connectivity index (χ3v) is 3.35. The average Bonchev–Trinajstić information content (AvgIpc) is 2.87. The summed E-state index contributed by atoms with van der Waals surface area (Å²) in [6.07, 6.45) is 3.18. The van der Waals surface area contributed by atoms with Crippen LogP contribution >= 0.6 is 0 Å². The molecule has 0 fully saturated rings. The van der Waals surface area contributed by atoms with Crippen LogP contribution in [0.4, 0.5) is 0 Å². The second-order valence-electron chi connectivity index (χ2n) is 4.55. The lowest BCUT2D eigenvalue weighted by Gasteiger charge is -2.18. The van der Waals surface area contributed by atoms with Gasteiger partial charge in [0.15, 0.2) is 0 Å². The second-order valence-corrected chi connectivity index (χ2v) is 4.55. The van der Waals surface area contributed by atoms with E-state index in [-0.39, 0.29) is 11.5 Å². The molecule has 0 unspecified atom stereocenters. The van der Waals surface area contributed by atoms with Crippen LogP contribution < -0.4 is 11.2 Å². The molecule has 2 aromatic heterocycles. The maximum Gasteiger partial charge on any atom is 0.328 e. The molecule has 0 spiro atoms. The lowest BCUT2D eigenvalue weighted by atomic mass is 10.0. The summed E-state index contributed by atoms with van der Waals surface area (Å²) in [5.41, 5.74) is 0.274. The van der Waals surface area contributed by atoms with E-state index < -0.39 is 5.56 Å². The number of hydrogen-bond donors (Lipinski definition) is 1. The van der Waals surface area contributed by atoms with E-state index in [0.717, 1.165) is 12.8 Å². The van der Waals surface area contributed by atoms with Gasteiger partial charge in [-0.05, 0) is 19.3 Å². The van der Waals surface area contributed by atoms with Crippen molar-refractivity contribution in [1.82, 2.24) is 19.7 Å². The highest BCUT2D eigenvalue weighted by atomic mass is 16.5. The molecule has 2 aromatic rings. The number of rotatable bonds is 2. The number of H-pyrrole nitrogens is 1. The Bertz CT molecular complexity index is 725. The van der Waals surface area contributed by atoms with Crippen LogP contribution in [0, 0.1) is 0 Å². The van der Waals surface area contributed by atoms with Crippen molar-refractivity contribution in [1.29, 1.82) is 0 Å². The summed E-state index contributed by atoms with van der Waals surface area (Å²) < 4.78 is 6.64. The fourth-order valence-electron chi connectivity index (χ4n) is 2.41. The van der Waals surface area contributed by atoms with Gasteiger partial charge in [0.25, 0.3) is 5.56 Å². The SMILES string of the molecule is CCc1nc(-c2c3n(c(=O)[nH]c2=O)CCCC3)no1. The Labute approximate surface area is 108 Å². The Hall–Kier alpha value is -2.18. The first-order valence-electron chi connectivity index (χ1n) is 6.39. The Balaban J connectivity index is 2.25. The number of aryl methyl sites for hydroxylation is 1. The predicted molar refractivity (Wildman–Crippen MR) is 66.9 cm³/mol. The van der Waals surface area contributed by atoms with Crippen LogP contribution in [0.1, 0.15) is 31.4 Å². The van der Waals surface area contributed by atoms with Gasteiger partial charge < -0.3 is 4.52 Å². The molecular formula is C12H14N4O3. The molecular weight excluding hydrogens is 248 g/mol. The minimum atomic E-state index is -0.443. The molecule has 1 N–H and O–H groups in total. The van der Waals surface area contributed by atoms with E-state index in [2.05, 4.69) is 15.1 Å². The van der Waals surface area contributed by atoms with Gasteiger partial charge in [0.05, 0.1) is 0 Å². The van der Waals surface area contributed by atoms with Crippen molar-refractivity contribution in [3.05, 3.63) is 32.4 Å². The molecule has 0 aliphatic carbocycles. The second kappa shape index (κ2) is 4.49. The summed E-state index contributed by atoms with van der Waals surface area (Å²) in [5, 5.41) is 3.83. The molecule has 3 rings (SSSR count). The van der Waals surface area contributed by atoms with Crippen molar-refractivity contribution >= 4 is 0 Å². The molecule has 0 radical (unpaired) electrons. The van der Waals surface area contributed by atoms with Crippen molar-refractivity contribution in [2.45, 2.75) is 39.2 Å². The first-order valence-corrected chi connectivity index (χ1v) is 6.39. The van der Waals surface area contributed by atoms with Gasteiger partial charge in [0, 0.05) is 18.7 Å². The molecule has 1 aliphatic rings. The highest BCUT2D eigenvalue weighted by Crippen LogP contribution is 2.21. The fourth-order valence-corrected chi connectivity index (χ4v) is 2.41. The number of aromatic amines is 1. The zero-order valence-electron chi connectivity index (χ0n) is 10.6. The van der Waals surface area contributed by atoms with E-state index in [4.69, 9.17) is 4.52 Å². The van der Waals surface area contributed by atoms with E-state index in [1.54, 1.807) is 4.57 Å². The monoisotopic (exact) mass is 262 g/mol. The van der Waals surface area contributed by atoms with Crippen LogP contribution in [0.5, 0.6) is 0 Å². The van der Waals surface area contributed by atoms with Crippen LogP contribution in [0.3, 0.4) is 0 Å². The van der Waals surface area contributed by atoms with Crippen LogP contribution in [-0.2, 0) is 19.4 Å². The third-order valence-electron chi connectivity index (χ3n) is 3.35. The van der Waals surface area contributed by atoms with Gasteiger partial charge in [-0.1, -0.05) is 12.1 Å². The first-order chi connectivity index (χ1) is 9.20. The zero-order chi connectivity index (χ0) is 13.4. The van der Waals surface area contributed by atoms with E-state index in [0.29, 0.717) is 36.5 Å². The van der Waals surface area contributed by atoms with Crippen molar-refractivity contribution in [3.8, 4) is 11.4 Å². The molecule has 0 amide bonds. The van der Waals surface area contributed by atoms with E-state index in [1.807, 2.05) is 6.92 Å². The summed E-state index contributed by atoms with van der Waals surface area (Å²) in [7, 11) is 0. The topological polar surface area (TPSA) is 93.8 Å². The van der Waals surface area contributed by atoms with Crippen LogP contribution in [0.2, 0.25) is 0 Å². The summed E-state index contributed by atoms with van der Waals surface area (Å²) in [4.78, 5) is 30.3. The van der Waals surface area contributed by atoms with Gasteiger partial charge in [-0.3, -0.25) is 14.3 Å². The predicted octanol–water partition coefficient (Wildman–Crippen LogP) is 0.485. The average molecular weight is 262 g/mol. The molecule has 0 saturated heterocycles. The fraction of sp³-hybridized carbons (Fsp3) is 0.500. The molecule has 1 aliphatic heterocycles. The lowest BCUT2D eigenvalue weighted by Crippen LogP contribution is -2.36. The molecule has 0 bridgehead atoms. The minimum Gasteiger partial charge on any atom is -0.339 e. The van der Waals surface area contributed by atoms with Crippen molar-refractivity contribution in [2.24, 2.45) is 0 Å². The highest BCUT2D eigenvalue weighted by Gasteiger charge is 2.22. The Kier molecular flexibility index (Phi) is 2.81. The van der Waals surface area contributed by atoms with Gasteiger partial charge in [-0.25, -0.2) is 4.79 Å². The standard InChI is InChI=1S/C12H14N4O3/c1-2-8-13-10(15-19-8)9-7-5-3-4-6-16(7)12(18)14-11(9)17/h2-6H2,1H3,(H,14,17,18). The number of nitrogens with one attached hydrogen (secondary N) is 1. The van der Waals surface area contributed by atoms with E-state index >= 15 is 0 Å². The van der Waals surface area contributed by atoms with Gasteiger partial charge in [-0.15, -0.1) is 0 Å². The Morgan fingerprint density at radius 3 is 2.95 bits per heavy atom. The smallest absolute Gasteiger partial charge is 0.328 e. The number of fused-ring (bicyclic) bond motifs is 1. The normalized spacial score (nSPS) is 14.4. The van der Waals surface area contributed by atoms with E-state index in [1.165, 1.54) is 0 Å². The maximum absolute atomic E-state index is 12.0. The lowest BCUT2D eigenvalue weighted by molar-refractivity contribution is 0.382. The molecule has 100 valence electrons. The molecule has 7 heteroatoms. The van der Waals surface area contributed by atoms with Crippen LogP contribution in [0.25, 0.3) is 11.4 Å². The summed E-state index contributed by atoms with van der Waals surface area (Å²) in [6.45, 7) is 2.52. The van der Waals surface area contributed by atoms with Gasteiger partial charge in [-0.2, -0.15) is 4.98 Å². The quantitative estimate of drug-likeness (QED) is 0.849. The molecule has 19 heavy (non-hydrogen) atoms. The minimum absolute atomic E-state index is 0.267. The van der Waals surface area contributed by atoms with Gasteiger partial charge in [0.2, 0.25) is 11.7 Å². The number of hydrogen-bond acceptors (Lipinski definition) is 5. The number of aromatic nitrogens is 4. The van der Waals surface area contributed by atoms with Crippen molar-refractivity contribution in [3.63, 3.8) is 0 Å². The Morgan fingerprint density at radius 1 is 1.37 bits per heavy atom. The maximum atomic E-state index is 12.0. The van der Waals surface area contributed by atoms with Gasteiger partial charge >= 0.3 is 5.69 Å². The third kappa shape index (κ3) is 1.91. The van der Waals surface area contributed by atoms with Crippen molar-refractivity contribution in [2.75, 3.05) is 0 Å². The number of nitrogens with zero attached hydrogens (tertiary/aromatic N) is 3. The molecule has 7 nitrogen and oxygen atoms in total. The van der Waals surface area contributed by atoms with Crippen LogP contribution in [-0.4, -0.2) is 19.7 Å². The van der Waals surface area contributed by atoms with Crippen LogP contribution in [0.15, 0.2) is 14.1 Å². The molecule has 3 heterocycles. The van der Waals surface area contributed by atoms with E-state index in [9.17, 15) is 9.59 Å². The molecule has 0 saturated carbocycles. The summed E-state index contributed by atoms with van der Waals surface area (Å²) >= 11 is 0. The first kappa shape index (κ1) is 11.9. The van der Waals surface area contributed by atoms with Crippen molar-refractivity contribution < 1.29 is 4.52 Å². The molecule has 0 aromatic carbocycles. The Morgan fingerprint density at radius 2 is 2.21 bits per heavy atom. The summed E-state index contributed by atoms with van der Waals surface area (Å²) in [6, 6.07) is 0.